The third-order valence-corrected chi connectivity index (χ3v) is 9.84. The van der Waals surface area contributed by atoms with Gasteiger partial charge in [0.15, 0.2) is 0 Å². The predicted octanol–water partition coefficient (Wildman–Crippen LogP) is 11.7. The molecule has 4 heteroatoms. The van der Waals surface area contributed by atoms with Gasteiger partial charge in [-0.2, -0.15) is 0 Å². The molecule has 0 aliphatic heterocycles. The molecular formula is C41H27N3S. The van der Waals surface area contributed by atoms with Gasteiger partial charge in [-0.25, -0.2) is 0 Å². The van der Waals surface area contributed by atoms with E-state index in [1.165, 1.54) is 47.5 Å². The summed E-state index contributed by atoms with van der Waals surface area (Å²) < 4.78 is 5.01. The molecule has 6 aromatic carbocycles. The van der Waals surface area contributed by atoms with Crippen LogP contribution in [0.5, 0.6) is 0 Å². The lowest BCUT2D eigenvalue weighted by Crippen LogP contribution is -2.10. The van der Waals surface area contributed by atoms with Crippen LogP contribution >= 0.6 is 11.3 Å². The number of hydrogen-bond acceptors (Lipinski definition) is 3. The van der Waals surface area contributed by atoms with Crippen LogP contribution in [0.3, 0.4) is 0 Å². The standard InChI is InChI=1S/C41H27N3S/c1-2-9-30(10-3-1)43(32-21-22-40-35(27-32)33-11-5-7-16-39(33)45-40)37-14-8-15-38-41(37)34-12-4-6-13-36(34)44(38)31-19-17-28(18-20-31)29-23-25-42-26-24-29/h1-27H. The molecule has 45 heavy (non-hydrogen) atoms. The van der Waals surface area contributed by atoms with Crippen molar-refractivity contribution in [3.05, 3.63) is 164 Å². The molecule has 0 saturated heterocycles. The van der Waals surface area contributed by atoms with Gasteiger partial charge in [0.2, 0.25) is 0 Å². The molecule has 0 aliphatic rings. The summed E-state index contributed by atoms with van der Waals surface area (Å²) in [6.07, 6.45) is 3.68. The maximum Gasteiger partial charge on any atom is 0.0562 e. The van der Waals surface area contributed by atoms with Crippen LogP contribution in [0.25, 0.3) is 58.8 Å². The van der Waals surface area contributed by atoms with E-state index in [0.717, 1.165) is 28.3 Å². The van der Waals surface area contributed by atoms with Crippen LogP contribution in [0.2, 0.25) is 0 Å². The molecule has 9 aromatic rings. The zero-order valence-corrected chi connectivity index (χ0v) is 25.2. The van der Waals surface area contributed by atoms with Crippen molar-refractivity contribution in [2.75, 3.05) is 4.90 Å². The lowest BCUT2D eigenvalue weighted by atomic mass is 10.1. The van der Waals surface area contributed by atoms with Crippen LogP contribution in [0.15, 0.2) is 164 Å². The van der Waals surface area contributed by atoms with E-state index >= 15 is 0 Å². The Hall–Kier alpha value is -5.71. The quantitative estimate of drug-likeness (QED) is 0.198. The lowest BCUT2D eigenvalue weighted by Gasteiger charge is -2.26. The maximum atomic E-state index is 4.18. The first-order valence-electron chi connectivity index (χ1n) is 15.1. The lowest BCUT2D eigenvalue weighted by molar-refractivity contribution is 1.18. The van der Waals surface area contributed by atoms with Crippen molar-refractivity contribution in [2.24, 2.45) is 0 Å². The topological polar surface area (TPSA) is 21.1 Å². The first-order chi connectivity index (χ1) is 22.3. The summed E-state index contributed by atoms with van der Waals surface area (Å²) in [6, 6.07) is 54.7. The maximum absolute atomic E-state index is 4.18. The smallest absolute Gasteiger partial charge is 0.0562 e. The molecule has 0 atom stereocenters. The fraction of sp³-hybridized carbons (Fsp3) is 0. The zero-order valence-electron chi connectivity index (χ0n) is 24.3. The summed E-state index contributed by atoms with van der Waals surface area (Å²) >= 11 is 1.85. The Kier molecular flexibility index (Phi) is 6.00. The fourth-order valence-electron chi connectivity index (χ4n) is 6.67. The monoisotopic (exact) mass is 593 g/mol. The SMILES string of the molecule is c1ccc(N(c2ccc3sc4ccccc4c3c2)c2cccc3c2c2ccccc2n3-c2ccc(-c3ccncc3)cc2)cc1. The number of para-hydroxylation sites is 2. The van der Waals surface area contributed by atoms with Crippen LogP contribution in [-0.4, -0.2) is 9.55 Å². The number of rotatable bonds is 5. The Bertz CT molecular complexity index is 2480. The molecule has 0 spiro atoms. The van der Waals surface area contributed by atoms with Crippen molar-refractivity contribution < 1.29 is 0 Å². The van der Waals surface area contributed by atoms with E-state index in [1.807, 2.05) is 23.7 Å². The minimum absolute atomic E-state index is 1.13. The highest BCUT2D eigenvalue weighted by molar-refractivity contribution is 7.25. The van der Waals surface area contributed by atoms with Gasteiger partial charge < -0.3 is 9.47 Å². The van der Waals surface area contributed by atoms with Gasteiger partial charge in [0.1, 0.15) is 0 Å². The molecule has 0 bridgehead atoms. The van der Waals surface area contributed by atoms with Gasteiger partial charge in [-0.3, -0.25) is 4.98 Å². The van der Waals surface area contributed by atoms with Crippen molar-refractivity contribution in [3.8, 4) is 16.8 Å². The molecule has 0 saturated carbocycles. The van der Waals surface area contributed by atoms with E-state index in [9.17, 15) is 0 Å². The predicted molar refractivity (Wildman–Crippen MR) is 192 cm³/mol. The van der Waals surface area contributed by atoms with Crippen LogP contribution in [0.4, 0.5) is 17.1 Å². The van der Waals surface area contributed by atoms with Crippen molar-refractivity contribution in [2.45, 2.75) is 0 Å². The van der Waals surface area contributed by atoms with Crippen molar-refractivity contribution >= 4 is 70.4 Å². The number of aromatic nitrogens is 2. The highest BCUT2D eigenvalue weighted by Crippen LogP contribution is 2.45. The van der Waals surface area contributed by atoms with E-state index in [2.05, 4.69) is 166 Å². The zero-order chi connectivity index (χ0) is 29.7. The number of anilines is 3. The second kappa shape index (κ2) is 10.5. The Morgan fingerprint density at radius 1 is 0.489 bits per heavy atom. The first kappa shape index (κ1) is 25.8. The molecule has 9 rings (SSSR count). The summed E-state index contributed by atoms with van der Waals surface area (Å²) in [7, 11) is 0. The number of hydrogen-bond donors (Lipinski definition) is 0. The minimum Gasteiger partial charge on any atom is -0.310 e. The average molecular weight is 594 g/mol. The molecule has 3 aromatic heterocycles. The molecular weight excluding hydrogens is 567 g/mol. The largest absolute Gasteiger partial charge is 0.310 e. The molecule has 0 N–H and O–H groups in total. The third-order valence-electron chi connectivity index (χ3n) is 8.69. The summed E-state index contributed by atoms with van der Waals surface area (Å²) in [6.45, 7) is 0. The van der Waals surface area contributed by atoms with Gasteiger partial charge >= 0.3 is 0 Å². The van der Waals surface area contributed by atoms with Gasteiger partial charge in [-0.05, 0) is 90.0 Å². The Balaban J connectivity index is 1.29. The van der Waals surface area contributed by atoms with E-state index in [1.54, 1.807) is 0 Å². The first-order valence-corrected chi connectivity index (χ1v) is 15.9. The van der Waals surface area contributed by atoms with Crippen LogP contribution < -0.4 is 4.90 Å². The minimum atomic E-state index is 1.13. The van der Waals surface area contributed by atoms with Crippen molar-refractivity contribution in [3.63, 3.8) is 0 Å². The third kappa shape index (κ3) is 4.22. The normalized spacial score (nSPS) is 11.6. The van der Waals surface area contributed by atoms with Gasteiger partial charge in [0, 0.05) is 60.4 Å². The van der Waals surface area contributed by atoms with Crippen molar-refractivity contribution in [1.82, 2.24) is 9.55 Å². The Morgan fingerprint density at radius 3 is 2.02 bits per heavy atom. The van der Waals surface area contributed by atoms with Gasteiger partial charge in [0.25, 0.3) is 0 Å². The Labute approximate surface area is 264 Å². The Morgan fingerprint density at radius 2 is 1.18 bits per heavy atom. The van der Waals surface area contributed by atoms with Crippen molar-refractivity contribution in [1.29, 1.82) is 0 Å². The number of fused-ring (bicyclic) bond motifs is 6. The second-order valence-corrected chi connectivity index (χ2v) is 12.3. The van der Waals surface area contributed by atoms with E-state index in [-0.39, 0.29) is 0 Å². The molecule has 3 heterocycles. The second-order valence-electron chi connectivity index (χ2n) is 11.3. The van der Waals surface area contributed by atoms with Gasteiger partial charge in [0.05, 0.1) is 16.7 Å². The highest BCUT2D eigenvalue weighted by atomic mass is 32.1. The molecule has 0 unspecified atom stereocenters. The fourth-order valence-corrected chi connectivity index (χ4v) is 7.76. The highest BCUT2D eigenvalue weighted by Gasteiger charge is 2.21. The molecule has 0 aliphatic carbocycles. The number of nitrogens with zero attached hydrogens (tertiary/aromatic N) is 3. The van der Waals surface area contributed by atoms with E-state index in [4.69, 9.17) is 0 Å². The van der Waals surface area contributed by atoms with Crippen LogP contribution in [0, 0.1) is 0 Å². The summed E-state index contributed by atoms with van der Waals surface area (Å²) in [5.41, 5.74) is 9.25. The van der Waals surface area contributed by atoms with E-state index in [0.29, 0.717) is 0 Å². The van der Waals surface area contributed by atoms with Crippen LogP contribution in [0.1, 0.15) is 0 Å². The summed E-state index contributed by atoms with van der Waals surface area (Å²) in [5.74, 6) is 0. The van der Waals surface area contributed by atoms with E-state index < -0.39 is 0 Å². The number of pyridine rings is 1. The van der Waals surface area contributed by atoms with Gasteiger partial charge in [-0.15, -0.1) is 11.3 Å². The summed E-state index contributed by atoms with van der Waals surface area (Å²) in [4.78, 5) is 6.60. The molecule has 0 fully saturated rings. The average Bonchev–Trinajstić information content (AvgIpc) is 3.65. The number of thiophene rings is 1. The van der Waals surface area contributed by atoms with Crippen LogP contribution in [-0.2, 0) is 0 Å². The summed E-state index contributed by atoms with van der Waals surface area (Å²) in [5, 5.41) is 5.05. The molecule has 212 valence electrons. The molecule has 0 radical (unpaired) electrons. The number of benzene rings is 6. The van der Waals surface area contributed by atoms with Gasteiger partial charge in [-0.1, -0.05) is 72.8 Å². The molecule has 3 nitrogen and oxygen atoms in total. The molecule has 0 amide bonds.